The van der Waals surface area contributed by atoms with E-state index in [9.17, 15) is 10.1 Å². The molecule has 98 valence electrons. The average Bonchev–Trinajstić information content (AvgIpc) is 2.32. The Kier molecular flexibility index (Phi) is 4.24. The Hall–Kier alpha value is -1.37. The molecule has 0 radical (unpaired) electrons. The van der Waals surface area contributed by atoms with Gasteiger partial charge in [-0.05, 0) is 34.1 Å². The van der Waals surface area contributed by atoms with Gasteiger partial charge in [0.25, 0.3) is 5.69 Å². The summed E-state index contributed by atoms with van der Waals surface area (Å²) in [7, 11) is 0. The zero-order chi connectivity index (χ0) is 14.0. The number of pyridine rings is 1. The summed E-state index contributed by atoms with van der Waals surface area (Å²) in [6.07, 6.45) is 0. The smallest absolute Gasteiger partial charge is 0.276 e. The third-order valence-electron chi connectivity index (χ3n) is 2.18. The SMILES string of the molecule is O=[N+]([O-])c1cc(Cl)nc(Nc2ccc(Cl)cc2Br)c1. The lowest BCUT2D eigenvalue weighted by Gasteiger charge is -2.08. The van der Waals surface area contributed by atoms with Crippen LogP contribution in [0.25, 0.3) is 0 Å². The van der Waals surface area contributed by atoms with Gasteiger partial charge in [0.15, 0.2) is 0 Å². The molecule has 0 aliphatic carbocycles. The van der Waals surface area contributed by atoms with Gasteiger partial charge in [-0.3, -0.25) is 10.1 Å². The van der Waals surface area contributed by atoms with Crippen LogP contribution in [-0.2, 0) is 0 Å². The minimum Gasteiger partial charge on any atom is -0.339 e. The fourth-order valence-electron chi connectivity index (χ4n) is 1.38. The number of nitrogens with zero attached hydrogens (tertiary/aromatic N) is 2. The van der Waals surface area contributed by atoms with Crippen LogP contribution in [0.1, 0.15) is 0 Å². The summed E-state index contributed by atoms with van der Waals surface area (Å²) in [6, 6.07) is 7.59. The zero-order valence-electron chi connectivity index (χ0n) is 9.23. The maximum Gasteiger partial charge on any atom is 0.276 e. The molecule has 0 saturated carbocycles. The lowest BCUT2D eigenvalue weighted by Crippen LogP contribution is -1.97. The quantitative estimate of drug-likeness (QED) is 0.483. The van der Waals surface area contributed by atoms with Crippen LogP contribution in [0.3, 0.4) is 0 Å². The molecule has 5 nitrogen and oxygen atoms in total. The van der Waals surface area contributed by atoms with Crippen molar-refractivity contribution < 1.29 is 4.92 Å². The van der Waals surface area contributed by atoms with Gasteiger partial charge in [0.1, 0.15) is 11.0 Å². The number of hydrogen-bond acceptors (Lipinski definition) is 4. The second kappa shape index (κ2) is 5.73. The van der Waals surface area contributed by atoms with E-state index in [1.54, 1.807) is 18.2 Å². The van der Waals surface area contributed by atoms with Crippen LogP contribution in [-0.4, -0.2) is 9.91 Å². The lowest BCUT2D eigenvalue weighted by atomic mass is 10.3. The molecule has 8 heteroatoms. The van der Waals surface area contributed by atoms with Gasteiger partial charge in [-0.2, -0.15) is 0 Å². The summed E-state index contributed by atoms with van der Waals surface area (Å²) in [5.74, 6) is 0.280. The summed E-state index contributed by atoms with van der Waals surface area (Å²) in [4.78, 5) is 14.2. The molecule has 1 heterocycles. The van der Waals surface area contributed by atoms with E-state index in [0.717, 1.165) is 0 Å². The number of aromatic nitrogens is 1. The van der Waals surface area contributed by atoms with Gasteiger partial charge < -0.3 is 5.32 Å². The summed E-state index contributed by atoms with van der Waals surface area (Å²) in [6.45, 7) is 0. The fraction of sp³-hybridized carbons (Fsp3) is 0. The molecular weight excluding hydrogens is 357 g/mol. The normalized spacial score (nSPS) is 10.3. The molecular formula is C11H6BrCl2N3O2. The molecule has 0 bridgehead atoms. The summed E-state index contributed by atoms with van der Waals surface area (Å²) in [5.41, 5.74) is 0.543. The Bertz CT molecular complexity index is 652. The Balaban J connectivity index is 2.35. The highest BCUT2D eigenvalue weighted by Crippen LogP contribution is 2.29. The molecule has 19 heavy (non-hydrogen) atoms. The molecule has 1 aromatic heterocycles. The third-order valence-corrected chi connectivity index (χ3v) is 3.27. The lowest BCUT2D eigenvalue weighted by molar-refractivity contribution is -0.384. The van der Waals surface area contributed by atoms with Crippen molar-refractivity contribution >= 4 is 56.3 Å². The van der Waals surface area contributed by atoms with Gasteiger partial charge >= 0.3 is 0 Å². The van der Waals surface area contributed by atoms with Gasteiger partial charge in [0.2, 0.25) is 0 Å². The van der Waals surface area contributed by atoms with Crippen molar-refractivity contribution in [2.45, 2.75) is 0 Å². The Morgan fingerprint density at radius 1 is 1.26 bits per heavy atom. The van der Waals surface area contributed by atoms with E-state index in [1.165, 1.54) is 12.1 Å². The largest absolute Gasteiger partial charge is 0.339 e. The van der Waals surface area contributed by atoms with E-state index in [0.29, 0.717) is 15.2 Å². The van der Waals surface area contributed by atoms with Crippen molar-refractivity contribution in [1.29, 1.82) is 0 Å². The van der Waals surface area contributed by atoms with E-state index in [-0.39, 0.29) is 16.7 Å². The molecule has 1 N–H and O–H groups in total. The summed E-state index contributed by atoms with van der Waals surface area (Å²) in [5, 5.41) is 14.3. The van der Waals surface area contributed by atoms with Gasteiger partial charge in [-0.1, -0.05) is 23.2 Å². The molecule has 0 aliphatic heterocycles. The van der Waals surface area contributed by atoms with E-state index in [4.69, 9.17) is 23.2 Å². The molecule has 2 aromatic rings. The predicted octanol–water partition coefficient (Wildman–Crippen LogP) is 4.80. The molecule has 0 aliphatic rings. The number of nitro groups is 1. The topological polar surface area (TPSA) is 68.1 Å². The Morgan fingerprint density at radius 3 is 2.63 bits per heavy atom. The van der Waals surface area contributed by atoms with E-state index >= 15 is 0 Å². The number of halogens is 3. The van der Waals surface area contributed by atoms with Gasteiger partial charge in [0, 0.05) is 9.50 Å². The van der Waals surface area contributed by atoms with Crippen LogP contribution < -0.4 is 5.32 Å². The van der Waals surface area contributed by atoms with Crippen LogP contribution in [0.5, 0.6) is 0 Å². The van der Waals surface area contributed by atoms with Crippen molar-refractivity contribution in [3.63, 3.8) is 0 Å². The van der Waals surface area contributed by atoms with Crippen LogP contribution in [0.15, 0.2) is 34.8 Å². The minimum atomic E-state index is -0.532. The number of rotatable bonds is 3. The third kappa shape index (κ3) is 3.56. The van der Waals surface area contributed by atoms with Gasteiger partial charge in [-0.15, -0.1) is 0 Å². The number of anilines is 2. The second-order valence-corrected chi connectivity index (χ2v) is 5.22. The maximum absolute atomic E-state index is 10.7. The monoisotopic (exact) mass is 361 g/mol. The van der Waals surface area contributed by atoms with Crippen LogP contribution >= 0.6 is 39.1 Å². The number of hydrogen-bond donors (Lipinski definition) is 1. The molecule has 0 spiro atoms. The highest BCUT2D eigenvalue weighted by molar-refractivity contribution is 9.10. The summed E-state index contributed by atoms with van der Waals surface area (Å²) >= 11 is 14.9. The molecule has 0 atom stereocenters. The minimum absolute atomic E-state index is 0.0433. The first-order valence-electron chi connectivity index (χ1n) is 5.00. The van der Waals surface area contributed by atoms with Crippen molar-refractivity contribution in [3.8, 4) is 0 Å². The summed E-state index contributed by atoms with van der Waals surface area (Å²) < 4.78 is 0.712. The van der Waals surface area contributed by atoms with E-state index in [1.807, 2.05) is 0 Å². The van der Waals surface area contributed by atoms with Crippen molar-refractivity contribution in [1.82, 2.24) is 4.98 Å². The second-order valence-electron chi connectivity index (χ2n) is 3.54. The standard InChI is InChI=1S/C11H6BrCl2N3O2/c12-8-3-6(13)1-2-9(8)15-11-5-7(17(18)19)4-10(14)16-11/h1-5H,(H,15,16). The van der Waals surface area contributed by atoms with Crippen molar-refractivity contribution in [2.75, 3.05) is 5.32 Å². The van der Waals surface area contributed by atoms with E-state index < -0.39 is 4.92 Å². The molecule has 0 amide bonds. The number of nitrogens with one attached hydrogen (secondary N) is 1. The molecule has 0 fully saturated rings. The molecule has 1 aromatic carbocycles. The van der Waals surface area contributed by atoms with Gasteiger partial charge in [0.05, 0.1) is 22.7 Å². The first-order chi connectivity index (χ1) is 8.95. The Labute approximate surface area is 126 Å². The Morgan fingerprint density at radius 2 is 2.00 bits per heavy atom. The van der Waals surface area contributed by atoms with Crippen molar-refractivity contribution in [3.05, 3.63) is 55.1 Å². The van der Waals surface area contributed by atoms with Gasteiger partial charge in [-0.25, -0.2) is 4.98 Å². The fourth-order valence-corrected chi connectivity index (χ4v) is 2.37. The van der Waals surface area contributed by atoms with Crippen LogP contribution in [0.2, 0.25) is 10.2 Å². The molecule has 0 saturated heterocycles. The first-order valence-corrected chi connectivity index (χ1v) is 6.54. The zero-order valence-corrected chi connectivity index (χ0v) is 12.3. The highest BCUT2D eigenvalue weighted by Gasteiger charge is 2.11. The highest BCUT2D eigenvalue weighted by atomic mass is 79.9. The maximum atomic E-state index is 10.7. The van der Waals surface area contributed by atoms with E-state index in [2.05, 4.69) is 26.2 Å². The average molecular weight is 363 g/mol. The molecule has 0 unspecified atom stereocenters. The molecule has 2 rings (SSSR count). The number of benzene rings is 1. The predicted molar refractivity (Wildman–Crippen MR) is 78.3 cm³/mol. The van der Waals surface area contributed by atoms with Crippen LogP contribution in [0.4, 0.5) is 17.2 Å². The van der Waals surface area contributed by atoms with Crippen molar-refractivity contribution in [2.24, 2.45) is 0 Å². The van der Waals surface area contributed by atoms with Crippen LogP contribution in [0, 0.1) is 10.1 Å². The first kappa shape index (κ1) is 14.0.